The molecule has 7 heteroatoms. The number of amides is 1. The molecular weight excluding hydrogens is 282 g/mol. The maximum absolute atomic E-state index is 11.4. The molecule has 2 aromatic rings. The van der Waals surface area contributed by atoms with Crippen molar-refractivity contribution in [2.75, 3.05) is 13.2 Å². The second-order valence-electron chi connectivity index (χ2n) is 4.08. The van der Waals surface area contributed by atoms with Crippen LogP contribution in [0.25, 0.3) is 11.5 Å². The molecule has 0 atom stereocenters. The van der Waals surface area contributed by atoms with Crippen LogP contribution in [0.15, 0.2) is 28.7 Å². The van der Waals surface area contributed by atoms with Gasteiger partial charge in [-0.3, -0.25) is 4.79 Å². The Morgan fingerprint density at radius 1 is 1.30 bits per heavy atom. The Labute approximate surface area is 120 Å². The number of aliphatic hydroxyl groups excluding tert-OH is 1. The van der Waals surface area contributed by atoms with Gasteiger partial charge in [0.2, 0.25) is 17.7 Å². The minimum Gasteiger partial charge on any atom is -0.421 e. The molecule has 1 aromatic heterocycles. The van der Waals surface area contributed by atoms with Gasteiger partial charge in [0.05, 0.1) is 6.61 Å². The maximum atomic E-state index is 11.4. The molecule has 0 bridgehead atoms. The van der Waals surface area contributed by atoms with E-state index in [2.05, 4.69) is 15.5 Å². The normalized spacial score (nSPS) is 10.5. The van der Waals surface area contributed by atoms with Crippen molar-refractivity contribution in [3.8, 4) is 11.5 Å². The fourth-order valence-corrected chi connectivity index (χ4v) is 1.69. The van der Waals surface area contributed by atoms with Crippen LogP contribution in [0.2, 0.25) is 5.02 Å². The number of carbonyl (C=O) groups is 1. The van der Waals surface area contributed by atoms with Crippen LogP contribution in [0.4, 0.5) is 0 Å². The van der Waals surface area contributed by atoms with Gasteiger partial charge < -0.3 is 14.8 Å². The number of aromatic nitrogens is 2. The molecule has 1 aromatic carbocycles. The summed E-state index contributed by atoms with van der Waals surface area (Å²) in [5.74, 6) is 0.631. The molecule has 0 fully saturated rings. The lowest BCUT2D eigenvalue weighted by Gasteiger charge is -2.00. The summed E-state index contributed by atoms with van der Waals surface area (Å²) in [6, 6.07) is 7.05. The van der Waals surface area contributed by atoms with Gasteiger partial charge in [0.15, 0.2) is 0 Å². The van der Waals surface area contributed by atoms with E-state index in [0.29, 0.717) is 23.2 Å². The van der Waals surface area contributed by atoms with Gasteiger partial charge in [-0.1, -0.05) is 11.6 Å². The summed E-state index contributed by atoms with van der Waals surface area (Å²) < 4.78 is 5.47. The van der Waals surface area contributed by atoms with E-state index in [1.165, 1.54) is 0 Å². The lowest BCUT2D eigenvalue weighted by Crippen LogP contribution is -2.26. The molecule has 0 saturated carbocycles. The number of aliphatic hydroxyl groups is 1. The highest BCUT2D eigenvalue weighted by Gasteiger charge is 2.10. The van der Waals surface area contributed by atoms with Crippen molar-refractivity contribution in [2.24, 2.45) is 0 Å². The van der Waals surface area contributed by atoms with E-state index in [9.17, 15) is 4.79 Å². The van der Waals surface area contributed by atoms with Gasteiger partial charge in [-0.2, -0.15) is 0 Å². The SMILES string of the molecule is O=C(CCc1nnc(-c2ccc(Cl)cc2)o1)NCCO. The third-order valence-electron chi connectivity index (χ3n) is 2.56. The number of hydrogen-bond donors (Lipinski definition) is 2. The third-order valence-corrected chi connectivity index (χ3v) is 2.81. The van der Waals surface area contributed by atoms with Gasteiger partial charge in [-0.05, 0) is 24.3 Å². The number of benzene rings is 1. The average molecular weight is 296 g/mol. The highest BCUT2D eigenvalue weighted by atomic mass is 35.5. The lowest BCUT2D eigenvalue weighted by molar-refractivity contribution is -0.121. The van der Waals surface area contributed by atoms with E-state index in [0.717, 1.165) is 5.56 Å². The van der Waals surface area contributed by atoms with Crippen molar-refractivity contribution in [3.05, 3.63) is 35.2 Å². The smallest absolute Gasteiger partial charge is 0.247 e. The zero-order chi connectivity index (χ0) is 14.4. The monoisotopic (exact) mass is 295 g/mol. The van der Waals surface area contributed by atoms with Crippen LogP contribution in [-0.2, 0) is 11.2 Å². The molecule has 2 N–H and O–H groups in total. The van der Waals surface area contributed by atoms with E-state index < -0.39 is 0 Å². The van der Waals surface area contributed by atoms with E-state index in [4.69, 9.17) is 21.1 Å². The van der Waals surface area contributed by atoms with Crippen LogP contribution < -0.4 is 5.32 Å². The van der Waals surface area contributed by atoms with Gasteiger partial charge >= 0.3 is 0 Å². The fraction of sp³-hybridized carbons (Fsp3) is 0.308. The summed E-state index contributed by atoms with van der Waals surface area (Å²) in [5.41, 5.74) is 0.776. The number of aryl methyl sites for hydroxylation is 1. The minimum atomic E-state index is -0.162. The molecule has 0 unspecified atom stereocenters. The van der Waals surface area contributed by atoms with E-state index >= 15 is 0 Å². The number of carbonyl (C=O) groups excluding carboxylic acids is 1. The molecule has 0 aliphatic rings. The van der Waals surface area contributed by atoms with Crippen LogP contribution in [0.3, 0.4) is 0 Å². The van der Waals surface area contributed by atoms with Crippen molar-refractivity contribution >= 4 is 17.5 Å². The Morgan fingerprint density at radius 3 is 2.75 bits per heavy atom. The second kappa shape index (κ2) is 7.02. The van der Waals surface area contributed by atoms with E-state index in [-0.39, 0.29) is 25.5 Å². The van der Waals surface area contributed by atoms with Crippen LogP contribution in [0.1, 0.15) is 12.3 Å². The molecule has 1 amide bonds. The molecule has 0 radical (unpaired) electrons. The lowest BCUT2D eigenvalue weighted by atomic mass is 10.2. The second-order valence-corrected chi connectivity index (χ2v) is 4.52. The molecule has 0 spiro atoms. The summed E-state index contributed by atoms with van der Waals surface area (Å²) in [6.07, 6.45) is 0.597. The summed E-state index contributed by atoms with van der Waals surface area (Å²) in [5, 5.41) is 19.6. The Balaban J connectivity index is 1.92. The largest absolute Gasteiger partial charge is 0.421 e. The molecule has 2 rings (SSSR count). The third kappa shape index (κ3) is 4.04. The maximum Gasteiger partial charge on any atom is 0.247 e. The number of hydrogen-bond acceptors (Lipinski definition) is 5. The van der Waals surface area contributed by atoms with Crippen molar-refractivity contribution < 1.29 is 14.3 Å². The Morgan fingerprint density at radius 2 is 2.05 bits per heavy atom. The van der Waals surface area contributed by atoms with Gasteiger partial charge in [0.1, 0.15) is 0 Å². The van der Waals surface area contributed by atoms with E-state index in [1.807, 2.05) is 0 Å². The Bertz CT molecular complexity index is 568. The molecule has 1 heterocycles. The van der Waals surface area contributed by atoms with Crippen LogP contribution in [0.5, 0.6) is 0 Å². The van der Waals surface area contributed by atoms with Crippen molar-refractivity contribution in [1.29, 1.82) is 0 Å². The average Bonchev–Trinajstić information content (AvgIpc) is 2.92. The van der Waals surface area contributed by atoms with Gasteiger partial charge in [-0.25, -0.2) is 0 Å². The fourth-order valence-electron chi connectivity index (χ4n) is 1.57. The highest BCUT2D eigenvalue weighted by molar-refractivity contribution is 6.30. The first-order chi connectivity index (χ1) is 9.69. The van der Waals surface area contributed by atoms with Crippen LogP contribution >= 0.6 is 11.6 Å². The minimum absolute atomic E-state index is 0.0764. The van der Waals surface area contributed by atoms with Crippen LogP contribution in [-0.4, -0.2) is 34.4 Å². The predicted octanol–water partition coefficient (Wildman–Crippen LogP) is 1.43. The molecule has 0 aliphatic heterocycles. The molecule has 0 aliphatic carbocycles. The zero-order valence-electron chi connectivity index (χ0n) is 10.7. The first-order valence-corrected chi connectivity index (χ1v) is 6.52. The van der Waals surface area contributed by atoms with Crippen LogP contribution in [0, 0.1) is 0 Å². The van der Waals surface area contributed by atoms with Crippen molar-refractivity contribution in [3.63, 3.8) is 0 Å². The van der Waals surface area contributed by atoms with Gasteiger partial charge in [-0.15, -0.1) is 10.2 Å². The first-order valence-electron chi connectivity index (χ1n) is 6.15. The molecule has 20 heavy (non-hydrogen) atoms. The number of nitrogens with zero attached hydrogens (tertiary/aromatic N) is 2. The number of nitrogens with one attached hydrogen (secondary N) is 1. The summed E-state index contributed by atoms with van der Waals surface area (Å²) >= 11 is 5.80. The van der Waals surface area contributed by atoms with Gasteiger partial charge in [0, 0.05) is 30.0 Å². The molecule has 0 saturated heterocycles. The van der Waals surface area contributed by atoms with E-state index in [1.54, 1.807) is 24.3 Å². The molecule has 6 nitrogen and oxygen atoms in total. The quantitative estimate of drug-likeness (QED) is 0.841. The highest BCUT2D eigenvalue weighted by Crippen LogP contribution is 2.20. The Kier molecular flexibility index (Phi) is 5.09. The topological polar surface area (TPSA) is 88.2 Å². The number of halogens is 1. The first kappa shape index (κ1) is 14.5. The number of rotatable bonds is 6. The summed E-state index contributed by atoms with van der Waals surface area (Å²) in [6.45, 7) is 0.172. The molecule has 106 valence electrons. The predicted molar refractivity (Wildman–Crippen MR) is 73.2 cm³/mol. The summed E-state index contributed by atoms with van der Waals surface area (Å²) in [4.78, 5) is 11.4. The zero-order valence-corrected chi connectivity index (χ0v) is 11.4. The summed E-state index contributed by atoms with van der Waals surface area (Å²) in [7, 11) is 0. The Hall–Kier alpha value is -1.92. The van der Waals surface area contributed by atoms with Gasteiger partial charge in [0.25, 0.3) is 0 Å². The van der Waals surface area contributed by atoms with Crippen molar-refractivity contribution in [1.82, 2.24) is 15.5 Å². The van der Waals surface area contributed by atoms with Crippen molar-refractivity contribution in [2.45, 2.75) is 12.8 Å². The molecular formula is C13H14ClN3O3. The standard InChI is InChI=1S/C13H14ClN3O3/c14-10-3-1-9(2-4-10)13-17-16-12(20-13)6-5-11(19)15-7-8-18/h1-4,18H,5-8H2,(H,15,19).